The Morgan fingerprint density at radius 1 is 1.07 bits per heavy atom. The summed E-state index contributed by atoms with van der Waals surface area (Å²) >= 11 is 0. The van der Waals surface area contributed by atoms with E-state index in [1.807, 2.05) is 6.92 Å². The maximum atomic E-state index is 11.3. The van der Waals surface area contributed by atoms with Gasteiger partial charge in [0.2, 0.25) is 0 Å². The van der Waals surface area contributed by atoms with Gasteiger partial charge in [-0.1, -0.05) is 25.7 Å². The summed E-state index contributed by atoms with van der Waals surface area (Å²) in [6.45, 7) is 7.97. The van der Waals surface area contributed by atoms with Crippen LogP contribution in [0.15, 0.2) is 4.99 Å². The molecule has 0 aliphatic heterocycles. The molecule has 1 aliphatic rings. The molecule has 0 saturated heterocycles. The number of hydrogen-bond donors (Lipinski definition) is 2. The summed E-state index contributed by atoms with van der Waals surface area (Å²) in [5, 5.41) is 6.81. The number of methoxy groups -OCH3 is 1. The fourth-order valence-electron chi connectivity index (χ4n) is 3.44. The number of esters is 1. The van der Waals surface area contributed by atoms with Crippen LogP contribution in [0.25, 0.3) is 0 Å². The number of nitrogens with zero attached hydrogens (tertiary/aromatic N) is 1. The Labute approximate surface area is 165 Å². The number of unbranched alkanes of at least 4 members (excludes halogenated alkanes) is 4. The Bertz CT molecular complexity index is 423. The van der Waals surface area contributed by atoms with Crippen molar-refractivity contribution in [3.05, 3.63) is 0 Å². The summed E-state index contributed by atoms with van der Waals surface area (Å²) in [6, 6.07) is 0. The van der Waals surface area contributed by atoms with Gasteiger partial charge in [0.1, 0.15) is 0 Å². The first kappa shape index (κ1) is 23.7. The Morgan fingerprint density at radius 2 is 1.81 bits per heavy atom. The molecular weight excluding hydrogens is 342 g/mol. The van der Waals surface area contributed by atoms with Crippen LogP contribution in [-0.2, 0) is 14.3 Å². The SMILES string of the molecule is CCNC(=NCC1(CCOC)CCC1)NCCCCCCCC(=O)OCC. The standard InChI is InChI=1S/C21H41N3O3/c1-4-22-20(24-18-21(13-11-14-21)15-17-26-3)23-16-10-8-6-7-9-12-19(25)27-5-2/h4-18H2,1-3H3,(H2,22,23,24). The second-order valence-corrected chi connectivity index (χ2v) is 7.54. The predicted molar refractivity (Wildman–Crippen MR) is 111 cm³/mol. The highest BCUT2D eigenvalue weighted by Gasteiger charge is 2.36. The number of aliphatic imine (C=N–C) groups is 1. The molecule has 1 aliphatic carbocycles. The highest BCUT2D eigenvalue weighted by Crippen LogP contribution is 2.44. The van der Waals surface area contributed by atoms with E-state index in [9.17, 15) is 4.79 Å². The van der Waals surface area contributed by atoms with Crippen molar-refractivity contribution >= 4 is 11.9 Å². The zero-order valence-electron chi connectivity index (χ0n) is 17.8. The summed E-state index contributed by atoms with van der Waals surface area (Å²) < 4.78 is 10.2. The van der Waals surface area contributed by atoms with E-state index in [-0.39, 0.29) is 5.97 Å². The van der Waals surface area contributed by atoms with E-state index in [2.05, 4.69) is 17.6 Å². The van der Waals surface area contributed by atoms with Crippen LogP contribution in [0, 0.1) is 5.41 Å². The number of carbonyl (C=O) groups excluding carboxylic acids is 1. The third-order valence-electron chi connectivity index (χ3n) is 5.32. The molecular formula is C21H41N3O3. The number of carbonyl (C=O) groups is 1. The molecule has 0 bridgehead atoms. The van der Waals surface area contributed by atoms with Gasteiger partial charge in [0.25, 0.3) is 0 Å². The Balaban J connectivity index is 2.16. The smallest absolute Gasteiger partial charge is 0.305 e. The lowest BCUT2D eigenvalue weighted by atomic mass is 9.67. The van der Waals surface area contributed by atoms with Gasteiger partial charge in [-0.05, 0) is 51.4 Å². The molecule has 0 amide bonds. The summed E-state index contributed by atoms with van der Waals surface area (Å²) in [5.41, 5.74) is 0.358. The predicted octanol–water partition coefficient (Wildman–Crippen LogP) is 3.65. The minimum atomic E-state index is -0.0691. The molecule has 2 N–H and O–H groups in total. The van der Waals surface area contributed by atoms with E-state index in [1.54, 1.807) is 7.11 Å². The van der Waals surface area contributed by atoms with Crippen molar-refractivity contribution in [3.8, 4) is 0 Å². The number of nitrogens with one attached hydrogen (secondary N) is 2. The topological polar surface area (TPSA) is 72.0 Å². The summed E-state index contributed by atoms with van der Waals surface area (Å²) in [4.78, 5) is 16.1. The van der Waals surface area contributed by atoms with Gasteiger partial charge in [-0.25, -0.2) is 0 Å². The van der Waals surface area contributed by atoms with Gasteiger partial charge in [-0.2, -0.15) is 0 Å². The summed E-state index contributed by atoms with van der Waals surface area (Å²) in [7, 11) is 1.78. The van der Waals surface area contributed by atoms with Crippen molar-refractivity contribution in [3.63, 3.8) is 0 Å². The lowest BCUT2D eigenvalue weighted by Gasteiger charge is -2.40. The maximum Gasteiger partial charge on any atom is 0.305 e. The zero-order valence-corrected chi connectivity index (χ0v) is 17.8. The van der Waals surface area contributed by atoms with Crippen LogP contribution in [0.3, 0.4) is 0 Å². The third kappa shape index (κ3) is 10.6. The molecule has 0 radical (unpaired) electrons. The Morgan fingerprint density at radius 3 is 2.44 bits per heavy atom. The lowest BCUT2D eigenvalue weighted by molar-refractivity contribution is -0.143. The zero-order chi connectivity index (χ0) is 19.8. The highest BCUT2D eigenvalue weighted by molar-refractivity contribution is 5.79. The minimum Gasteiger partial charge on any atom is -0.466 e. The molecule has 0 spiro atoms. The number of rotatable bonds is 15. The number of ether oxygens (including phenoxy) is 2. The molecule has 0 unspecified atom stereocenters. The van der Waals surface area contributed by atoms with E-state index >= 15 is 0 Å². The number of guanidine groups is 1. The van der Waals surface area contributed by atoms with E-state index < -0.39 is 0 Å². The van der Waals surface area contributed by atoms with Gasteiger partial charge >= 0.3 is 5.97 Å². The second-order valence-electron chi connectivity index (χ2n) is 7.54. The first-order chi connectivity index (χ1) is 13.2. The molecule has 158 valence electrons. The Kier molecular flexibility index (Phi) is 12.9. The molecule has 0 atom stereocenters. The summed E-state index contributed by atoms with van der Waals surface area (Å²) in [6.07, 6.45) is 11.0. The molecule has 1 rings (SSSR count). The van der Waals surface area contributed by atoms with Gasteiger partial charge in [0.05, 0.1) is 6.61 Å². The maximum absolute atomic E-state index is 11.3. The minimum absolute atomic E-state index is 0.0691. The Hall–Kier alpha value is -1.30. The average Bonchev–Trinajstić information content (AvgIpc) is 2.62. The molecule has 0 heterocycles. The molecule has 0 aromatic rings. The van der Waals surface area contributed by atoms with Gasteiger partial charge in [-0.3, -0.25) is 9.79 Å². The largest absolute Gasteiger partial charge is 0.466 e. The normalized spacial score (nSPS) is 15.9. The van der Waals surface area contributed by atoms with Crippen molar-refractivity contribution in [2.75, 3.05) is 40.0 Å². The van der Waals surface area contributed by atoms with E-state index in [0.29, 0.717) is 18.4 Å². The average molecular weight is 384 g/mol. The van der Waals surface area contributed by atoms with E-state index in [4.69, 9.17) is 14.5 Å². The molecule has 1 fully saturated rings. The van der Waals surface area contributed by atoms with E-state index in [0.717, 1.165) is 64.3 Å². The monoisotopic (exact) mass is 383 g/mol. The molecule has 6 nitrogen and oxygen atoms in total. The summed E-state index contributed by atoms with van der Waals surface area (Å²) in [5.74, 6) is 0.865. The second kappa shape index (κ2) is 14.7. The van der Waals surface area contributed by atoms with Crippen molar-refractivity contribution in [2.45, 2.75) is 78.1 Å². The fraction of sp³-hybridized carbons (Fsp3) is 0.905. The van der Waals surface area contributed by atoms with E-state index in [1.165, 1.54) is 25.7 Å². The van der Waals surface area contributed by atoms with Crippen LogP contribution in [-0.4, -0.2) is 51.9 Å². The highest BCUT2D eigenvalue weighted by atomic mass is 16.5. The van der Waals surface area contributed by atoms with Crippen molar-refractivity contribution in [1.82, 2.24) is 10.6 Å². The van der Waals surface area contributed by atoms with Crippen molar-refractivity contribution in [1.29, 1.82) is 0 Å². The molecule has 27 heavy (non-hydrogen) atoms. The van der Waals surface area contributed by atoms with Gasteiger partial charge < -0.3 is 20.1 Å². The van der Waals surface area contributed by atoms with Crippen molar-refractivity contribution in [2.24, 2.45) is 10.4 Å². The van der Waals surface area contributed by atoms with Gasteiger partial charge in [0, 0.05) is 39.8 Å². The van der Waals surface area contributed by atoms with Crippen LogP contribution in [0.4, 0.5) is 0 Å². The van der Waals surface area contributed by atoms with Crippen LogP contribution < -0.4 is 10.6 Å². The van der Waals surface area contributed by atoms with Gasteiger partial charge in [0.15, 0.2) is 5.96 Å². The first-order valence-electron chi connectivity index (χ1n) is 10.8. The fourth-order valence-corrected chi connectivity index (χ4v) is 3.44. The van der Waals surface area contributed by atoms with Crippen LogP contribution in [0.1, 0.15) is 78.1 Å². The van der Waals surface area contributed by atoms with Crippen LogP contribution >= 0.6 is 0 Å². The quantitative estimate of drug-likeness (QED) is 0.195. The number of hydrogen-bond acceptors (Lipinski definition) is 4. The van der Waals surface area contributed by atoms with Crippen LogP contribution in [0.2, 0.25) is 0 Å². The lowest BCUT2D eigenvalue weighted by Crippen LogP contribution is -2.40. The molecule has 1 saturated carbocycles. The first-order valence-corrected chi connectivity index (χ1v) is 10.8. The van der Waals surface area contributed by atoms with Crippen LogP contribution in [0.5, 0.6) is 0 Å². The van der Waals surface area contributed by atoms with Crippen molar-refractivity contribution < 1.29 is 14.3 Å². The molecule has 6 heteroatoms. The third-order valence-corrected chi connectivity index (χ3v) is 5.32. The molecule has 0 aromatic carbocycles. The molecule has 0 aromatic heterocycles. The van der Waals surface area contributed by atoms with Gasteiger partial charge in [-0.15, -0.1) is 0 Å².